The molecule has 3 aromatic carbocycles. The number of carbonyl (C=O) groups excluding carboxylic acids is 2. The fourth-order valence-corrected chi connectivity index (χ4v) is 2.66. The number of nitrogens with zero attached hydrogens (tertiary/aromatic N) is 4. The van der Waals surface area contributed by atoms with Gasteiger partial charge in [-0.2, -0.15) is 21.0 Å². The second kappa shape index (κ2) is 9.37. The first-order valence-corrected chi connectivity index (χ1v) is 8.92. The maximum Gasteiger partial charge on any atom is 0.343 e. The topological polar surface area (TPSA) is 148 Å². The molecule has 32 heavy (non-hydrogen) atoms. The van der Waals surface area contributed by atoms with E-state index in [4.69, 9.17) is 30.5 Å². The van der Waals surface area contributed by atoms with Crippen LogP contribution >= 0.6 is 0 Å². The molecule has 0 fully saturated rings. The highest BCUT2D eigenvalue weighted by atomic mass is 16.5. The van der Waals surface area contributed by atoms with Crippen molar-refractivity contribution in [2.45, 2.75) is 0 Å². The van der Waals surface area contributed by atoms with E-state index in [2.05, 4.69) is 0 Å². The molecule has 0 saturated heterocycles. The maximum absolute atomic E-state index is 12.5. The molecule has 0 aromatic heterocycles. The van der Waals surface area contributed by atoms with Gasteiger partial charge < -0.3 is 9.47 Å². The van der Waals surface area contributed by atoms with E-state index in [1.807, 2.05) is 24.3 Å². The van der Waals surface area contributed by atoms with Crippen LogP contribution in [0.4, 0.5) is 0 Å². The number of esters is 2. The number of rotatable bonds is 4. The molecule has 0 N–H and O–H groups in total. The van der Waals surface area contributed by atoms with Crippen LogP contribution < -0.4 is 9.47 Å². The van der Waals surface area contributed by atoms with Gasteiger partial charge in [-0.25, -0.2) is 9.59 Å². The quantitative estimate of drug-likeness (QED) is 0.461. The molecule has 150 valence electrons. The van der Waals surface area contributed by atoms with E-state index in [-0.39, 0.29) is 44.9 Å². The number of benzene rings is 3. The third kappa shape index (κ3) is 4.58. The first-order valence-electron chi connectivity index (χ1n) is 8.92. The Morgan fingerprint density at radius 2 is 0.969 bits per heavy atom. The summed E-state index contributed by atoms with van der Waals surface area (Å²) in [5, 5.41) is 36.1. The monoisotopic (exact) mass is 418 g/mol. The minimum atomic E-state index is -0.779. The zero-order valence-corrected chi connectivity index (χ0v) is 16.2. The molecular weight excluding hydrogens is 408 g/mol. The first kappa shape index (κ1) is 21.3. The first-order chi connectivity index (χ1) is 15.5. The maximum atomic E-state index is 12.5. The van der Waals surface area contributed by atoms with E-state index in [0.717, 1.165) is 0 Å². The molecule has 0 amide bonds. The Hall–Kier alpha value is -5.44. The number of ether oxygens (including phenoxy) is 2. The van der Waals surface area contributed by atoms with Crippen molar-refractivity contribution in [2.75, 3.05) is 0 Å². The standard InChI is InChI=1S/C24H10N4O4/c25-11-17-4-6-21(9-19(17)13-27)31-23(29)15-2-1-3-16(8-15)24(30)32-22-7-5-18(12-26)20(10-22)14-28/h1-10H. The predicted octanol–water partition coefficient (Wildman–Crippen LogP) is 3.61. The summed E-state index contributed by atoms with van der Waals surface area (Å²) in [7, 11) is 0. The van der Waals surface area contributed by atoms with Crippen molar-refractivity contribution in [3.05, 3.63) is 94.0 Å². The Kier molecular flexibility index (Phi) is 6.23. The normalized spacial score (nSPS) is 9.38. The van der Waals surface area contributed by atoms with Crippen LogP contribution in [0.5, 0.6) is 11.5 Å². The van der Waals surface area contributed by atoms with Crippen LogP contribution in [0.2, 0.25) is 0 Å². The van der Waals surface area contributed by atoms with Crippen molar-refractivity contribution in [1.82, 2.24) is 0 Å². The number of hydrogen-bond acceptors (Lipinski definition) is 8. The highest BCUT2D eigenvalue weighted by Crippen LogP contribution is 2.20. The lowest BCUT2D eigenvalue weighted by Crippen LogP contribution is -2.12. The fourth-order valence-electron chi connectivity index (χ4n) is 2.66. The fraction of sp³-hybridized carbons (Fsp3) is 0. The number of nitriles is 4. The molecule has 0 aliphatic heterocycles. The molecule has 3 rings (SSSR count). The van der Waals surface area contributed by atoms with Gasteiger partial charge in [-0.15, -0.1) is 0 Å². The van der Waals surface area contributed by atoms with Gasteiger partial charge in [0.05, 0.1) is 33.4 Å². The number of hydrogen-bond donors (Lipinski definition) is 0. The molecule has 3 aromatic rings. The van der Waals surface area contributed by atoms with E-state index < -0.39 is 11.9 Å². The van der Waals surface area contributed by atoms with Crippen molar-refractivity contribution in [3.8, 4) is 35.8 Å². The minimum absolute atomic E-state index is 0.0554. The second-order valence-electron chi connectivity index (χ2n) is 6.22. The van der Waals surface area contributed by atoms with Gasteiger partial charge in [-0.3, -0.25) is 0 Å². The summed E-state index contributed by atoms with van der Waals surface area (Å²) in [6.45, 7) is 0. The van der Waals surface area contributed by atoms with E-state index in [1.165, 1.54) is 60.7 Å². The molecule has 0 spiro atoms. The van der Waals surface area contributed by atoms with E-state index in [0.29, 0.717) is 0 Å². The average Bonchev–Trinajstić information content (AvgIpc) is 2.83. The zero-order valence-electron chi connectivity index (χ0n) is 16.2. The molecule has 0 bridgehead atoms. The summed E-state index contributed by atoms with van der Waals surface area (Å²) in [6.07, 6.45) is 0. The van der Waals surface area contributed by atoms with Gasteiger partial charge in [-0.1, -0.05) is 6.07 Å². The van der Waals surface area contributed by atoms with Crippen molar-refractivity contribution >= 4 is 11.9 Å². The van der Waals surface area contributed by atoms with Crippen molar-refractivity contribution in [2.24, 2.45) is 0 Å². The van der Waals surface area contributed by atoms with Crippen molar-refractivity contribution in [3.63, 3.8) is 0 Å². The SMILES string of the molecule is N#Cc1ccc(OC(=O)c2cccc(C(=O)Oc3ccc(C#N)c(C#N)c3)c2)cc1C#N. The summed E-state index contributed by atoms with van der Waals surface area (Å²) in [5.74, 6) is -1.42. The van der Waals surface area contributed by atoms with E-state index in [9.17, 15) is 9.59 Å². The van der Waals surface area contributed by atoms with Crippen molar-refractivity contribution < 1.29 is 19.1 Å². The summed E-state index contributed by atoms with van der Waals surface area (Å²) in [5.41, 5.74) is 0.544. The Morgan fingerprint density at radius 1 is 0.562 bits per heavy atom. The van der Waals surface area contributed by atoms with Crippen LogP contribution in [0.3, 0.4) is 0 Å². The molecule has 0 aliphatic carbocycles. The van der Waals surface area contributed by atoms with Crippen LogP contribution in [0.25, 0.3) is 0 Å². The minimum Gasteiger partial charge on any atom is -0.423 e. The molecule has 0 saturated carbocycles. The van der Waals surface area contributed by atoms with Crippen molar-refractivity contribution in [1.29, 1.82) is 21.0 Å². The Bertz CT molecular complexity index is 1310. The van der Waals surface area contributed by atoms with Gasteiger partial charge in [0.25, 0.3) is 0 Å². The Morgan fingerprint density at radius 3 is 1.34 bits per heavy atom. The van der Waals surface area contributed by atoms with Crippen LogP contribution in [0.1, 0.15) is 43.0 Å². The Balaban J connectivity index is 1.78. The highest BCUT2D eigenvalue weighted by molar-refractivity contribution is 5.96. The lowest BCUT2D eigenvalue weighted by atomic mass is 10.1. The molecule has 8 heteroatoms. The molecular formula is C24H10N4O4. The highest BCUT2D eigenvalue weighted by Gasteiger charge is 2.15. The smallest absolute Gasteiger partial charge is 0.343 e. The lowest BCUT2D eigenvalue weighted by molar-refractivity contribution is 0.0734. The average molecular weight is 418 g/mol. The molecule has 8 nitrogen and oxygen atoms in total. The largest absolute Gasteiger partial charge is 0.423 e. The predicted molar refractivity (Wildman–Crippen MR) is 108 cm³/mol. The summed E-state index contributed by atoms with van der Waals surface area (Å²) < 4.78 is 10.5. The van der Waals surface area contributed by atoms with Crippen LogP contribution in [-0.2, 0) is 0 Å². The number of carbonyl (C=O) groups is 2. The third-order valence-corrected chi connectivity index (χ3v) is 4.22. The lowest BCUT2D eigenvalue weighted by Gasteiger charge is -2.08. The van der Waals surface area contributed by atoms with E-state index in [1.54, 1.807) is 0 Å². The second-order valence-corrected chi connectivity index (χ2v) is 6.22. The van der Waals surface area contributed by atoms with Crippen LogP contribution in [0, 0.1) is 45.3 Å². The van der Waals surface area contributed by atoms with Gasteiger partial charge in [0.1, 0.15) is 35.8 Å². The van der Waals surface area contributed by atoms with Gasteiger partial charge in [0, 0.05) is 12.1 Å². The van der Waals surface area contributed by atoms with Gasteiger partial charge in [-0.05, 0) is 42.5 Å². The molecule has 0 atom stereocenters. The molecule has 0 unspecified atom stereocenters. The molecule has 0 heterocycles. The third-order valence-electron chi connectivity index (χ3n) is 4.22. The van der Waals surface area contributed by atoms with Gasteiger partial charge in [0.2, 0.25) is 0 Å². The molecule has 0 aliphatic rings. The summed E-state index contributed by atoms with van der Waals surface area (Å²) >= 11 is 0. The van der Waals surface area contributed by atoms with Crippen LogP contribution in [-0.4, -0.2) is 11.9 Å². The van der Waals surface area contributed by atoms with Crippen LogP contribution in [0.15, 0.2) is 60.7 Å². The van der Waals surface area contributed by atoms with Gasteiger partial charge >= 0.3 is 11.9 Å². The van der Waals surface area contributed by atoms with Gasteiger partial charge in [0.15, 0.2) is 0 Å². The summed E-state index contributed by atoms with van der Waals surface area (Å²) in [4.78, 5) is 24.9. The summed E-state index contributed by atoms with van der Waals surface area (Å²) in [6, 6.07) is 21.1. The van der Waals surface area contributed by atoms with E-state index >= 15 is 0 Å². The Labute approximate surface area is 182 Å². The molecule has 0 radical (unpaired) electrons. The zero-order chi connectivity index (χ0) is 23.1.